The number of ether oxygens (including phenoxy) is 1. The molecule has 1 spiro atoms. The van der Waals surface area contributed by atoms with Gasteiger partial charge in [0.25, 0.3) is 0 Å². The zero-order chi connectivity index (χ0) is 31.1. The van der Waals surface area contributed by atoms with Crippen LogP contribution in [0.15, 0.2) is 10.7 Å². The standard InChI is InChI=1S/C32H39N9O3S/c1-18(22-7-5-12-39(22)3)41-30-21(16-35-41)29(40-13-6-10-31(2,42)17-40)36-28(37-30)25-19-9-14-43-32(26(19)44-38-25)11-4-8-23-24(32)20(15-33)27(34)45-23/h16,18,22,42H,4-14,17,34H2,1-3H3/t18-,22-,31+,32-/m0/s1. The molecule has 0 radical (unpaired) electrons. The predicted octanol–water partition coefficient (Wildman–Crippen LogP) is 4.16. The summed E-state index contributed by atoms with van der Waals surface area (Å²) in [7, 11) is 2.18. The summed E-state index contributed by atoms with van der Waals surface area (Å²) in [6.07, 6.45) is 8.76. The van der Waals surface area contributed by atoms with Gasteiger partial charge in [-0.05, 0) is 72.4 Å². The number of thiophene rings is 1. The van der Waals surface area contributed by atoms with Crippen LogP contribution in [-0.2, 0) is 23.2 Å². The van der Waals surface area contributed by atoms with Crippen LogP contribution in [0.4, 0.5) is 10.8 Å². The van der Waals surface area contributed by atoms with Crippen LogP contribution >= 0.6 is 11.3 Å². The van der Waals surface area contributed by atoms with Gasteiger partial charge >= 0.3 is 0 Å². The van der Waals surface area contributed by atoms with E-state index in [4.69, 9.17) is 30.1 Å². The van der Waals surface area contributed by atoms with Crippen molar-refractivity contribution in [3.8, 4) is 17.6 Å². The summed E-state index contributed by atoms with van der Waals surface area (Å²) in [4.78, 5) is 15.9. The van der Waals surface area contributed by atoms with Crippen molar-refractivity contribution in [1.29, 1.82) is 5.26 Å². The second kappa shape index (κ2) is 10.5. The number of likely N-dealkylation sites (N-methyl/N-ethyl adjacent to an activating group) is 1. The SMILES string of the molecule is C[C@@H]([C@@H]1CCCN1C)n1ncc2c(N3CCC[C@@](C)(O)C3)nc(-c3noc4c3CCO[C@]43CCCc4sc(N)c(C#N)c43)nc21. The van der Waals surface area contributed by atoms with Crippen molar-refractivity contribution in [2.75, 3.05) is 43.9 Å². The molecule has 0 bridgehead atoms. The van der Waals surface area contributed by atoms with Crippen molar-refractivity contribution in [1.82, 2.24) is 29.8 Å². The lowest BCUT2D eigenvalue weighted by Crippen LogP contribution is -2.46. The van der Waals surface area contributed by atoms with Gasteiger partial charge in [-0.1, -0.05) is 5.16 Å². The number of anilines is 2. The second-order valence-corrected chi connectivity index (χ2v) is 14.7. The molecule has 7 heterocycles. The summed E-state index contributed by atoms with van der Waals surface area (Å²) in [5.74, 6) is 1.85. The van der Waals surface area contributed by atoms with E-state index in [0.717, 1.165) is 78.0 Å². The largest absolute Gasteiger partial charge is 0.389 e. The number of aromatic nitrogens is 5. The molecule has 0 aromatic carbocycles. The lowest BCUT2D eigenvalue weighted by Gasteiger charge is -2.38. The van der Waals surface area contributed by atoms with Gasteiger partial charge in [-0.3, -0.25) is 0 Å². The number of piperidine rings is 1. The normalized spacial score (nSPS) is 27.5. The third-order valence-corrected chi connectivity index (χ3v) is 11.5. The Bertz CT molecular complexity index is 1830. The maximum absolute atomic E-state index is 11.0. The van der Waals surface area contributed by atoms with E-state index in [1.54, 1.807) is 0 Å². The van der Waals surface area contributed by atoms with Crippen molar-refractivity contribution in [3.05, 3.63) is 33.5 Å². The molecule has 4 aliphatic rings. The van der Waals surface area contributed by atoms with Gasteiger partial charge in [0.05, 0.1) is 35.4 Å². The van der Waals surface area contributed by atoms with Crippen LogP contribution in [0.25, 0.3) is 22.6 Å². The summed E-state index contributed by atoms with van der Waals surface area (Å²) in [5.41, 5.74) is 8.16. The number of fused-ring (bicyclic) bond motifs is 5. The molecule has 13 heteroatoms. The zero-order valence-corrected chi connectivity index (χ0v) is 26.9. The Hall–Kier alpha value is -3.57. The Balaban J connectivity index is 1.30. The number of rotatable bonds is 4. The highest BCUT2D eigenvalue weighted by atomic mass is 32.1. The smallest absolute Gasteiger partial charge is 0.186 e. The molecule has 2 saturated heterocycles. The molecule has 0 saturated carbocycles. The van der Waals surface area contributed by atoms with Crippen molar-refractivity contribution in [2.45, 2.75) is 88.5 Å². The van der Waals surface area contributed by atoms with Crippen molar-refractivity contribution >= 4 is 33.2 Å². The first-order valence-corrected chi connectivity index (χ1v) is 16.9. The van der Waals surface area contributed by atoms with Crippen molar-refractivity contribution in [2.24, 2.45) is 0 Å². The maximum Gasteiger partial charge on any atom is 0.186 e. The number of aryl methyl sites for hydroxylation is 1. The van der Waals surface area contributed by atoms with Gasteiger partial charge in [0.2, 0.25) is 0 Å². The first-order valence-electron chi connectivity index (χ1n) is 16.1. The molecule has 3 aliphatic heterocycles. The average molecular weight is 630 g/mol. The predicted molar refractivity (Wildman–Crippen MR) is 170 cm³/mol. The quantitative estimate of drug-likeness (QED) is 0.334. The Morgan fingerprint density at radius 1 is 1.20 bits per heavy atom. The number of aliphatic hydroxyl groups is 1. The lowest BCUT2D eigenvalue weighted by molar-refractivity contribution is -0.0580. The van der Waals surface area contributed by atoms with Crippen LogP contribution in [0.5, 0.6) is 0 Å². The fourth-order valence-corrected chi connectivity index (χ4v) is 9.43. The topological polar surface area (TPSA) is 155 Å². The van der Waals surface area contributed by atoms with Gasteiger partial charge in [-0.25, -0.2) is 14.6 Å². The monoisotopic (exact) mass is 629 g/mol. The molecule has 4 aromatic rings. The van der Waals surface area contributed by atoms with E-state index in [1.807, 2.05) is 17.8 Å². The first kappa shape index (κ1) is 28.9. The molecule has 0 amide bonds. The molecule has 4 atom stereocenters. The minimum atomic E-state index is -0.909. The van der Waals surface area contributed by atoms with E-state index in [1.165, 1.54) is 17.8 Å². The van der Waals surface area contributed by atoms with Gasteiger partial charge in [-0.15, -0.1) is 11.3 Å². The Morgan fingerprint density at radius 2 is 2.07 bits per heavy atom. The summed E-state index contributed by atoms with van der Waals surface area (Å²) >= 11 is 1.47. The van der Waals surface area contributed by atoms with Crippen LogP contribution in [0.1, 0.15) is 85.7 Å². The summed E-state index contributed by atoms with van der Waals surface area (Å²) in [5, 5.41) is 32.0. The van der Waals surface area contributed by atoms with E-state index >= 15 is 0 Å². The molecule has 45 heavy (non-hydrogen) atoms. The van der Waals surface area contributed by atoms with Gasteiger partial charge in [0, 0.05) is 41.6 Å². The molecule has 0 unspecified atom stereocenters. The van der Waals surface area contributed by atoms with E-state index in [9.17, 15) is 10.4 Å². The van der Waals surface area contributed by atoms with Crippen LogP contribution in [0.2, 0.25) is 0 Å². The minimum Gasteiger partial charge on any atom is -0.389 e. The van der Waals surface area contributed by atoms with Gasteiger partial charge in [0.15, 0.2) is 28.5 Å². The number of nitrogens with two attached hydrogens (primary N) is 1. The fraction of sp³-hybridized carbons (Fsp3) is 0.594. The molecule has 8 rings (SSSR count). The Morgan fingerprint density at radius 3 is 2.84 bits per heavy atom. The number of hydrogen-bond acceptors (Lipinski definition) is 12. The Labute approximate surface area is 265 Å². The summed E-state index contributed by atoms with van der Waals surface area (Å²) in [6, 6.07) is 2.79. The minimum absolute atomic E-state index is 0.104. The second-order valence-electron chi connectivity index (χ2n) is 13.5. The number of nitrogens with zero attached hydrogens (tertiary/aromatic N) is 8. The van der Waals surface area contributed by atoms with E-state index in [0.29, 0.717) is 59.9 Å². The van der Waals surface area contributed by atoms with Gasteiger partial charge < -0.3 is 29.9 Å². The van der Waals surface area contributed by atoms with E-state index in [-0.39, 0.29) is 6.04 Å². The highest BCUT2D eigenvalue weighted by Gasteiger charge is 2.50. The van der Waals surface area contributed by atoms with Crippen LogP contribution in [0, 0.1) is 11.3 Å². The highest BCUT2D eigenvalue weighted by Crippen LogP contribution is 2.53. The fourth-order valence-electron chi connectivity index (χ4n) is 8.30. The first-order chi connectivity index (χ1) is 21.7. The third kappa shape index (κ3) is 4.40. The van der Waals surface area contributed by atoms with Crippen molar-refractivity contribution < 1.29 is 14.4 Å². The number of hydrogen-bond donors (Lipinski definition) is 2. The molecule has 4 aromatic heterocycles. The van der Waals surface area contributed by atoms with Crippen LogP contribution in [-0.4, -0.2) is 79.8 Å². The molecule has 12 nitrogen and oxygen atoms in total. The van der Waals surface area contributed by atoms with Crippen molar-refractivity contribution in [3.63, 3.8) is 0 Å². The number of nitrogen functional groups attached to an aromatic ring is 1. The third-order valence-electron chi connectivity index (χ3n) is 10.5. The molecular formula is C32H39N9O3S. The highest BCUT2D eigenvalue weighted by molar-refractivity contribution is 7.16. The van der Waals surface area contributed by atoms with E-state index in [2.05, 4.69) is 35.0 Å². The average Bonchev–Trinajstić information content (AvgIpc) is 3.81. The Kier molecular flexibility index (Phi) is 6.73. The molecule has 236 valence electrons. The van der Waals surface area contributed by atoms with Crippen LogP contribution in [0.3, 0.4) is 0 Å². The number of likely N-dealkylation sites (tertiary alicyclic amines) is 1. The van der Waals surface area contributed by atoms with Gasteiger partial charge in [-0.2, -0.15) is 10.4 Å². The maximum atomic E-state index is 11.0. The summed E-state index contributed by atoms with van der Waals surface area (Å²) in [6.45, 7) is 6.87. The van der Waals surface area contributed by atoms with E-state index < -0.39 is 11.2 Å². The van der Waals surface area contributed by atoms with Gasteiger partial charge in [0.1, 0.15) is 16.9 Å². The molecule has 2 fully saturated rings. The number of β-amino-alcohol motifs (C(OH)–C–C–N with tert-alkyl or cyclic N) is 1. The van der Waals surface area contributed by atoms with Crippen LogP contribution < -0.4 is 10.6 Å². The lowest BCUT2D eigenvalue weighted by atomic mass is 9.76. The number of nitriles is 1. The molecule has 3 N–H and O–H groups in total. The zero-order valence-electron chi connectivity index (χ0n) is 26.0. The summed E-state index contributed by atoms with van der Waals surface area (Å²) < 4.78 is 14.8. The molecule has 1 aliphatic carbocycles. The molecular weight excluding hydrogens is 590 g/mol.